The number of rotatable bonds is 4. The summed E-state index contributed by atoms with van der Waals surface area (Å²) in [5.41, 5.74) is 0.331. The molecule has 1 fully saturated rings. The van der Waals surface area contributed by atoms with Gasteiger partial charge in [0, 0.05) is 24.2 Å². The Labute approximate surface area is 177 Å². The number of thiophene rings is 1. The van der Waals surface area contributed by atoms with Gasteiger partial charge in [0.2, 0.25) is 11.7 Å². The zero-order valence-corrected chi connectivity index (χ0v) is 17.1. The second-order valence-electron chi connectivity index (χ2n) is 7.60. The van der Waals surface area contributed by atoms with E-state index in [9.17, 15) is 9.18 Å². The van der Waals surface area contributed by atoms with Gasteiger partial charge in [-0.25, -0.2) is 4.39 Å². The van der Waals surface area contributed by atoms with Crippen molar-refractivity contribution in [1.29, 1.82) is 0 Å². The van der Waals surface area contributed by atoms with Gasteiger partial charge in [0.15, 0.2) is 0 Å². The van der Waals surface area contributed by atoms with Crippen molar-refractivity contribution in [1.82, 2.24) is 15.0 Å². The summed E-state index contributed by atoms with van der Waals surface area (Å²) in [5, 5.41) is 5.04. The second-order valence-corrected chi connectivity index (χ2v) is 8.69. The molecule has 0 spiro atoms. The lowest BCUT2D eigenvalue weighted by atomic mass is 9.94. The Bertz CT molecular complexity index is 1170. The van der Waals surface area contributed by atoms with Gasteiger partial charge >= 0.3 is 0 Å². The fourth-order valence-corrected chi connectivity index (χ4v) is 5.03. The van der Waals surface area contributed by atoms with Gasteiger partial charge in [-0.1, -0.05) is 35.5 Å². The number of hydrogen-bond donors (Lipinski definition) is 0. The lowest BCUT2D eigenvalue weighted by Crippen LogP contribution is -2.40. The van der Waals surface area contributed by atoms with Crippen LogP contribution in [0.1, 0.15) is 28.4 Å². The van der Waals surface area contributed by atoms with E-state index < -0.39 is 0 Å². The third-order valence-electron chi connectivity index (χ3n) is 5.49. The van der Waals surface area contributed by atoms with Gasteiger partial charge in [-0.05, 0) is 48.4 Å². The number of likely N-dealkylation sites (tertiary alicyclic amines) is 1. The molecule has 4 aromatic rings. The highest BCUT2D eigenvalue weighted by Crippen LogP contribution is 2.29. The average Bonchev–Trinajstić information content (AvgIpc) is 3.41. The van der Waals surface area contributed by atoms with E-state index in [-0.39, 0.29) is 23.5 Å². The molecule has 1 unspecified atom stereocenters. The molecule has 0 aliphatic carbocycles. The van der Waals surface area contributed by atoms with E-state index >= 15 is 0 Å². The maximum atomic E-state index is 14.0. The Morgan fingerprint density at radius 1 is 1.20 bits per heavy atom. The number of carbonyl (C=O) groups is 1. The molecular weight excluding hydrogens is 401 g/mol. The molecule has 3 heterocycles. The second kappa shape index (κ2) is 7.99. The first kappa shape index (κ1) is 18.9. The van der Waals surface area contributed by atoms with Crippen LogP contribution in [0.15, 0.2) is 59.1 Å². The molecule has 1 aliphatic rings. The Morgan fingerprint density at radius 3 is 2.90 bits per heavy atom. The van der Waals surface area contributed by atoms with E-state index in [2.05, 4.69) is 10.1 Å². The number of piperidine rings is 1. The van der Waals surface area contributed by atoms with E-state index in [4.69, 9.17) is 4.52 Å². The standard InChI is InChI=1S/C23H20FN3O2S/c24-18-9-3-2-8-17(18)22-25-21(29-26-22)12-15-6-5-11-27(14-15)23(28)20-13-16-7-1-4-10-19(16)30-20/h1-4,7-10,13,15H,5-6,11-12,14H2. The van der Waals surface area contributed by atoms with Crippen LogP contribution in [-0.2, 0) is 6.42 Å². The zero-order chi connectivity index (χ0) is 20.5. The van der Waals surface area contributed by atoms with E-state index in [0.29, 0.717) is 24.4 Å². The van der Waals surface area contributed by atoms with E-state index in [1.807, 2.05) is 35.2 Å². The molecule has 152 valence electrons. The molecule has 1 aliphatic heterocycles. The van der Waals surface area contributed by atoms with Crippen LogP contribution in [0, 0.1) is 11.7 Å². The lowest BCUT2D eigenvalue weighted by molar-refractivity contribution is 0.0673. The molecular formula is C23H20FN3O2S. The average molecular weight is 421 g/mol. The Morgan fingerprint density at radius 2 is 2.03 bits per heavy atom. The molecule has 2 aromatic carbocycles. The van der Waals surface area contributed by atoms with Crippen LogP contribution in [0.2, 0.25) is 0 Å². The molecule has 5 nitrogen and oxygen atoms in total. The van der Waals surface area contributed by atoms with Gasteiger partial charge in [-0.15, -0.1) is 11.3 Å². The number of aromatic nitrogens is 2. The minimum absolute atomic E-state index is 0.0819. The lowest BCUT2D eigenvalue weighted by Gasteiger charge is -2.31. The maximum absolute atomic E-state index is 14.0. The number of halogens is 1. The van der Waals surface area contributed by atoms with Crippen molar-refractivity contribution in [3.05, 3.63) is 71.2 Å². The maximum Gasteiger partial charge on any atom is 0.263 e. The fraction of sp³-hybridized carbons (Fsp3) is 0.261. The zero-order valence-electron chi connectivity index (χ0n) is 16.3. The summed E-state index contributed by atoms with van der Waals surface area (Å²) >= 11 is 1.54. The number of nitrogens with zero attached hydrogens (tertiary/aromatic N) is 3. The SMILES string of the molecule is O=C(c1cc2ccccc2s1)N1CCCC(Cc2nc(-c3ccccc3F)no2)C1. The summed E-state index contributed by atoms with van der Waals surface area (Å²) in [6, 6.07) is 16.4. The van der Waals surface area contributed by atoms with Crippen molar-refractivity contribution in [2.24, 2.45) is 5.92 Å². The summed E-state index contributed by atoms with van der Waals surface area (Å²) in [4.78, 5) is 20.1. The highest BCUT2D eigenvalue weighted by molar-refractivity contribution is 7.20. The summed E-state index contributed by atoms with van der Waals surface area (Å²) < 4.78 is 20.5. The number of benzene rings is 2. The van der Waals surface area contributed by atoms with Crippen LogP contribution in [0.25, 0.3) is 21.5 Å². The van der Waals surface area contributed by atoms with Crippen LogP contribution in [0.4, 0.5) is 4.39 Å². The van der Waals surface area contributed by atoms with Crippen molar-refractivity contribution >= 4 is 27.3 Å². The van der Waals surface area contributed by atoms with Crippen LogP contribution in [0.5, 0.6) is 0 Å². The van der Waals surface area contributed by atoms with Crippen LogP contribution < -0.4 is 0 Å². The van der Waals surface area contributed by atoms with E-state index in [0.717, 1.165) is 34.3 Å². The van der Waals surface area contributed by atoms with Gasteiger partial charge in [-0.2, -0.15) is 4.98 Å². The Balaban J connectivity index is 1.28. The normalized spacial score (nSPS) is 16.8. The molecule has 1 amide bonds. The Hall–Kier alpha value is -3.06. The number of hydrogen-bond acceptors (Lipinski definition) is 5. The summed E-state index contributed by atoms with van der Waals surface area (Å²) in [6.45, 7) is 1.42. The predicted molar refractivity (Wildman–Crippen MR) is 114 cm³/mol. The van der Waals surface area contributed by atoms with Gasteiger partial charge < -0.3 is 9.42 Å². The van der Waals surface area contributed by atoms with Crippen LogP contribution >= 0.6 is 11.3 Å². The first-order chi connectivity index (χ1) is 14.7. The van der Waals surface area contributed by atoms with E-state index in [1.54, 1.807) is 18.2 Å². The van der Waals surface area contributed by atoms with Gasteiger partial charge in [0.25, 0.3) is 5.91 Å². The first-order valence-electron chi connectivity index (χ1n) is 10.0. The van der Waals surface area contributed by atoms with Gasteiger partial charge in [-0.3, -0.25) is 4.79 Å². The third kappa shape index (κ3) is 3.73. The smallest absolute Gasteiger partial charge is 0.263 e. The van der Waals surface area contributed by atoms with Crippen molar-refractivity contribution in [3.63, 3.8) is 0 Å². The topological polar surface area (TPSA) is 59.2 Å². The molecule has 0 bridgehead atoms. The summed E-state index contributed by atoms with van der Waals surface area (Å²) in [5.74, 6) is 0.693. The monoisotopic (exact) mass is 421 g/mol. The molecule has 1 atom stereocenters. The number of fused-ring (bicyclic) bond motifs is 1. The highest BCUT2D eigenvalue weighted by atomic mass is 32.1. The molecule has 5 rings (SSSR count). The number of amides is 1. The molecule has 0 saturated carbocycles. The predicted octanol–water partition coefficient (Wildman–Crippen LogP) is 5.19. The fourth-order valence-electron chi connectivity index (χ4n) is 4.00. The first-order valence-corrected chi connectivity index (χ1v) is 10.8. The van der Waals surface area contributed by atoms with Crippen molar-refractivity contribution in [3.8, 4) is 11.4 Å². The third-order valence-corrected chi connectivity index (χ3v) is 6.59. The highest BCUT2D eigenvalue weighted by Gasteiger charge is 2.27. The molecule has 0 N–H and O–H groups in total. The minimum Gasteiger partial charge on any atom is -0.339 e. The van der Waals surface area contributed by atoms with Gasteiger partial charge in [0.05, 0.1) is 10.4 Å². The molecule has 30 heavy (non-hydrogen) atoms. The molecule has 1 saturated heterocycles. The quantitative estimate of drug-likeness (QED) is 0.455. The van der Waals surface area contributed by atoms with Crippen LogP contribution in [0.3, 0.4) is 0 Å². The summed E-state index contributed by atoms with van der Waals surface area (Å²) in [7, 11) is 0. The van der Waals surface area contributed by atoms with Crippen molar-refractivity contribution in [2.45, 2.75) is 19.3 Å². The summed E-state index contributed by atoms with van der Waals surface area (Å²) in [6.07, 6.45) is 2.51. The number of carbonyl (C=O) groups excluding carboxylic acids is 1. The Kier molecular flexibility index (Phi) is 5.04. The molecule has 0 radical (unpaired) electrons. The molecule has 7 heteroatoms. The largest absolute Gasteiger partial charge is 0.339 e. The van der Waals surface area contributed by atoms with Crippen molar-refractivity contribution in [2.75, 3.05) is 13.1 Å². The van der Waals surface area contributed by atoms with E-state index in [1.165, 1.54) is 17.4 Å². The molecule has 2 aromatic heterocycles. The van der Waals surface area contributed by atoms with Gasteiger partial charge in [0.1, 0.15) is 5.82 Å². The van der Waals surface area contributed by atoms with Crippen molar-refractivity contribution < 1.29 is 13.7 Å². The van der Waals surface area contributed by atoms with Crippen LogP contribution in [-0.4, -0.2) is 34.0 Å². The minimum atomic E-state index is -0.373.